The molecular formula is C13H18BrClN2O3. The highest BCUT2D eigenvalue weighted by atomic mass is 79.9. The molecule has 0 radical (unpaired) electrons. The van der Waals surface area contributed by atoms with Crippen molar-refractivity contribution in [2.45, 2.75) is 13.3 Å². The van der Waals surface area contributed by atoms with E-state index in [1.54, 1.807) is 11.9 Å². The number of amides is 1. The summed E-state index contributed by atoms with van der Waals surface area (Å²) in [5, 5.41) is 11.3. The van der Waals surface area contributed by atoms with E-state index in [1.807, 2.05) is 25.1 Å². The summed E-state index contributed by atoms with van der Waals surface area (Å²) in [6, 6.07) is 5.66. The van der Waals surface area contributed by atoms with Crippen molar-refractivity contribution in [3.63, 3.8) is 0 Å². The molecule has 0 bridgehead atoms. The number of carboxylic acids is 1. The molecule has 1 aromatic carbocycles. The van der Waals surface area contributed by atoms with Gasteiger partial charge in [-0.05, 0) is 47.6 Å². The van der Waals surface area contributed by atoms with Crippen LogP contribution in [0.4, 0.5) is 5.69 Å². The summed E-state index contributed by atoms with van der Waals surface area (Å²) in [5.74, 6) is -1.04. The van der Waals surface area contributed by atoms with Crippen LogP contribution in [0.25, 0.3) is 0 Å². The zero-order valence-electron chi connectivity index (χ0n) is 11.4. The van der Waals surface area contributed by atoms with Gasteiger partial charge in [0.05, 0.1) is 18.7 Å². The smallest absolute Gasteiger partial charge is 0.304 e. The minimum absolute atomic E-state index is 0. The van der Waals surface area contributed by atoms with E-state index >= 15 is 0 Å². The molecule has 0 fully saturated rings. The number of aliphatic carboxylic acids is 1. The van der Waals surface area contributed by atoms with Gasteiger partial charge < -0.3 is 10.4 Å². The van der Waals surface area contributed by atoms with E-state index in [0.29, 0.717) is 12.2 Å². The van der Waals surface area contributed by atoms with Crippen LogP contribution in [-0.2, 0) is 9.59 Å². The number of carbonyl (C=O) groups excluding carboxylic acids is 1. The van der Waals surface area contributed by atoms with Crippen molar-refractivity contribution in [3.8, 4) is 0 Å². The van der Waals surface area contributed by atoms with Gasteiger partial charge in [-0.3, -0.25) is 14.5 Å². The second-order valence-electron chi connectivity index (χ2n) is 4.41. The topological polar surface area (TPSA) is 69.6 Å². The first-order valence-electron chi connectivity index (χ1n) is 5.85. The fourth-order valence-electron chi connectivity index (χ4n) is 1.52. The number of anilines is 1. The Bertz CT molecular complexity index is 483. The fraction of sp³-hybridized carbons (Fsp3) is 0.385. The highest BCUT2D eigenvalue weighted by Crippen LogP contribution is 2.23. The predicted molar refractivity (Wildman–Crippen MR) is 84.5 cm³/mol. The van der Waals surface area contributed by atoms with Gasteiger partial charge in [0.25, 0.3) is 0 Å². The minimum atomic E-state index is -0.867. The average Bonchev–Trinajstić information content (AvgIpc) is 2.30. The van der Waals surface area contributed by atoms with Crippen molar-refractivity contribution >= 4 is 45.9 Å². The van der Waals surface area contributed by atoms with E-state index in [2.05, 4.69) is 21.2 Å². The molecule has 0 aliphatic carbocycles. The van der Waals surface area contributed by atoms with Gasteiger partial charge in [-0.1, -0.05) is 6.07 Å². The van der Waals surface area contributed by atoms with Crippen molar-refractivity contribution in [2.75, 3.05) is 25.5 Å². The molecule has 1 rings (SSSR count). The molecule has 1 amide bonds. The maximum atomic E-state index is 11.8. The Morgan fingerprint density at radius 2 is 2.05 bits per heavy atom. The van der Waals surface area contributed by atoms with Crippen LogP contribution in [-0.4, -0.2) is 42.0 Å². The standard InChI is InChI=1S/C13H17BrN2O3.ClH/c1-9-3-4-11(10(14)7-9)15-12(17)8-16(2)6-5-13(18)19;/h3-4,7H,5-6,8H2,1-2H3,(H,15,17)(H,18,19);1H. The van der Waals surface area contributed by atoms with E-state index in [0.717, 1.165) is 10.0 Å². The number of rotatable bonds is 6. The maximum absolute atomic E-state index is 11.8. The Balaban J connectivity index is 0.00000361. The quantitative estimate of drug-likeness (QED) is 0.813. The predicted octanol–water partition coefficient (Wildman–Crippen LogP) is 2.52. The summed E-state index contributed by atoms with van der Waals surface area (Å²) in [4.78, 5) is 23.9. The molecule has 0 saturated heterocycles. The molecule has 0 aliphatic heterocycles. The van der Waals surface area contributed by atoms with Crippen LogP contribution in [0.2, 0.25) is 0 Å². The minimum Gasteiger partial charge on any atom is -0.481 e. The van der Waals surface area contributed by atoms with E-state index in [4.69, 9.17) is 5.11 Å². The number of benzene rings is 1. The van der Waals surface area contributed by atoms with E-state index in [-0.39, 0.29) is 31.3 Å². The van der Waals surface area contributed by atoms with Crippen LogP contribution >= 0.6 is 28.3 Å². The van der Waals surface area contributed by atoms with Gasteiger partial charge in [-0.15, -0.1) is 12.4 Å². The lowest BCUT2D eigenvalue weighted by Gasteiger charge is -2.15. The molecule has 0 heterocycles. The number of halogens is 2. The third-order valence-corrected chi connectivity index (χ3v) is 3.18. The Hall–Kier alpha value is -1.11. The van der Waals surface area contributed by atoms with Gasteiger partial charge in [-0.25, -0.2) is 0 Å². The number of carbonyl (C=O) groups is 2. The first kappa shape index (κ1) is 18.9. The number of nitrogens with one attached hydrogen (secondary N) is 1. The molecule has 112 valence electrons. The van der Waals surface area contributed by atoms with Crippen LogP contribution in [0.3, 0.4) is 0 Å². The molecule has 0 aliphatic rings. The third-order valence-electron chi connectivity index (χ3n) is 2.52. The van der Waals surface area contributed by atoms with E-state index in [9.17, 15) is 9.59 Å². The van der Waals surface area contributed by atoms with E-state index < -0.39 is 5.97 Å². The lowest BCUT2D eigenvalue weighted by atomic mass is 10.2. The van der Waals surface area contributed by atoms with Crippen LogP contribution in [0.15, 0.2) is 22.7 Å². The fourth-order valence-corrected chi connectivity index (χ4v) is 2.11. The molecule has 0 saturated carbocycles. The van der Waals surface area contributed by atoms with Crippen LogP contribution < -0.4 is 5.32 Å². The van der Waals surface area contributed by atoms with Crippen LogP contribution in [0.5, 0.6) is 0 Å². The number of hydrogen-bond donors (Lipinski definition) is 2. The number of hydrogen-bond acceptors (Lipinski definition) is 3. The monoisotopic (exact) mass is 364 g/mol. The zero-order valence-corrected chi connectivity index (χ0v) is 13.8. The normalized spacial score (nSPS) is 10.0. The summed E-state index contributed by atoms with van der Waals surface area (Å²) < 4.78 is 0.828. The number of nitrogens with zero attached hydrogens (tertiary/aromatic N) is 1. The van der Waals surface area contributed by atoms with Gasteiger partial charge in [0.15, 0.2) is 0 Å². The van der Waals surface area contributed by atoms with Crippen LogP contribution in [0.1, 0.15) is 12.0 Å². The van der Waals surface area contributed by atoms with Crippen molar-refractivity contribution < 1.29 is 14.7 Å². The zero-order chi connectivity index (χ0) is 14.4. The third kappa shape index (κ3) is 6.88. The Labute approximate surface area is 132 Å². The molecule has 7 heteroatoms. The van der Waals surface area contributed by atoms with Gasteiger partial charge >= 0.3 is 5.97 Å². The lowest BCUT2D eigenvalue weighted by Crippen LogP contribution is -2.31. The number of likely N-dealkylation sites (N-methyl/N-ethyl adjacent to an activating group) is 1. The molecule has 1 aromatic rings. The second kappa shape index (κ2) is 8.94. The van der Waals surface area contributed by atoms with Gasteiger partial charge in [0.1, 0.15) is 0 Å². The highest BCUT2D eigenvalue weighted by molar-refractivity contribution is 9.10. The lowest BCUT2D eigenvalue weighted by molar-refractivity contribution is -0.137. The highest BCUT2D eigenvalue weighted by Gasteiger charge is 2.09. The average molecular weight is 366 g/mol. The summed E-state index contributed by atoms with van der Waals surface area (Å²) in [5.41, 5.74) is 1.81. The summed E-state index contributed by atoms with van der Waals surface area (Å²) >= 11 is 3.39. The Morgan fingerprint density at radius 3 is 2.60 bits per heavy atom. The van der Waals surface area contributed by atoms with Crippen molar-refractivity contribution in [1.82, 2.24) is 4.90 Å². The first-order chi connectivity index (χ1) is 8.88. The summed E-state index contributed by atoms with van der Waals surface area (Å²) in [6.45, 7) is 2.47. The molecule has 0 aromatic heterocycles. The van der Waals surface area contributed by atoms with Crippen molar-refractivity contribution in [1.29, 1.82) is 0 Å². The molecule has 0 unspecified atom stereocenters. The molecule has 0 atom stereocenters. The Morgan fingerprint density at radius 1 is 1.40 bits per heavy atom. The summed E-state index contributed by atoms with van der Waals surface area (Å²) in [7, 11) is 1.71. The molecule has 2 N–H and O–H groups in total. The second-order valence-corrected chi connectivity index (χ2v) is 5.27. The van der Waals surface area contributed by atoms with Crippen molar-refractivity contribution in [3.05, 3.63) is 28.2 Å². The maximum Gasteiger partial charge on any atom is 0.304 e. The molecule has 20 heavy (non-hydrogen) atoms. The number of aryl methyl sites for hydroxylation is 1. The first-order valence-corrected chi connectivity index (χ1v) is 6.64. The van der Waals surface area contributed by atoms with E-state index in [1.165, 1.54) is 0 Å². The molecular weight excluding hydrogens is 348 g/mol. The molecule has 5 nitrogen and oxygen atoms in total. The van der Waals surface area contributed by atoms with Crippen molar-refractivity contribution in [2.24, 2.45) is 0 Å². The Kier molecular flexibility index (Phi) is 8.45. The van der Waals surface area contributed by atoms with Crippen LogP contribution in [0, 0.1) is 6.92 Å². The van der Waals surface area contributed by atoms with Gasteiger partial charge in [-0.2, -0.15) is 0 Å². The SMILES string of the molecule is Cc1ccc(NC(=O)CN(C)CCC(=O)O)c(Br)c1.Cl. The van der Waals surface area contributed by atoms with Gasteiger partial charge in [0.2, 0.25) is 5.91 Å². The largest absolute Gasteiger partial charge is 0.481 e. The summed E-state index contributed by atoms with van der Waals surface area (Å²) in [6.07, 6.45) is 0.0258. The van der Waals surface area contributed by atoms with Gasteiger partial charge in [0, 0.05) is 11.0 Å². The molecule has 0 spiro atoms. The number of carboxylic acid groups (broad SMARTS) is 1.